The zero-order chi connectivity index (χ0) is 14.8. The van der Waals surface area contributed by atoms with Crippen molar-refractivity contribution in [1.29, 1.82) is 0 Å². The normalized spacial score (nSPS) is 14.3. The SMILES string of the molecule is Cc1noc(C)c1CNCC(=O)N1CCc2sccc2C1. The Balaban J connectivity index is 1.51. The van der Waals surface area contributed by atoms with Gasteiger partial charge in [-0.2, -0.15) is 0 Å². The van der Waals surface area contributed by atoms with Crippen LogP contribution in [-0.4, -0.2) is 29.1 Å². The summed E-state index contributed by atoms with van der Waals surface area (Å²) < 4.78 is 5.12. The molecule has 3 rings (SSSR count). The maximum Gasteiger partial charge on any atom is 0.236 e. The van der Waals surface area contributed by atoms with E-state index in [1.165, 1.54) is 10.4 Å². The Hall–Kier alpha value is -1.66. The highest BCUT2D eigenvalue weighted by Gasteiger charge is 2.21. The summed E-state index contributed by atoms with van der Waals surface area (Å²) >= 11 is 1.79. The Morgan fingerprint density at radius 2 is 2.38 bits per heavy atom. The maximum atomic E-state index is 12.3. The minimum Gasteiger partial charge on any atom is -0.361 e. The summed E-state index contributed by atoms with van der Waals surface area (Å²) in [4.78, 5) is 15.6. The number of carbonyl (C=O) groups is 1. The quantitative estimate of drug-likeness (QED) is 0.939. The molecule has 5 nitrogen and oxygen atoms in total. The summed E-state index contributed by atoms with van der Waals surface area (Å²) in [6.45, 7) is 6.33. The molecule has 0 aromatic carbocycles. The fourth-order valence-corrected chi connectivity index (χ4v) is 3.51. The summed E-state index contributed by atoms with van der Waals surface area (Å²) in [5, 5.41) is 9.21. The number of carbonyl (C=O) groups excluding carboxylic acids is 1. The number of hydrogen-bond acceptors (Lipinski definition) is 5. The number of amides is 1. The molecule has 1 N–H and O–H groups in total. The first-order valence-electron chi connectivity index (χ1n) is 7.10. The first kappa shape index (κ1) is 14.3. The molecule has 0 bridgehead atoms. The van der Waals surface area contributed by atoms with E-state index in [4.69, 9.17) is 4.52 Å². The zero-order valence-electron chi connectivity index (χ0n) is 12.3. The van der Waals surface area contributed by atoms with Crippen molar-refractivity contribution < 1.29 is 9.32 Å². The highest BCUT2D eigenvalue weighted by molar-refractivity contribution is 7.10. The summed E-state index contributed by atoms with van der Waals surface area (Å²) in [6.07, 6.45) is 0.975. The van der Waals surface area contributed by atoms with Gasteiger partial charge in [-0.3, -0.25) is 4.79 Å². The highest BCUT2D eigenvalue weighted by Crippen LogP contribution is 2.23. The van der Waals surface area contributed by atoms with E-state index in [0.717, 1.165) is 36.5 Å². The predicted octanol–water partition coefficient (Wildman–Crippen LogP) is 2.03. The van der Waals surface area contributed by atoms with Crippen molar-refractivity contribution in [2.75, 3.05) is 13.1 Å². The largest absolute Gasteiger partial charge is 0.361 e. The van der Waals surface area contributed by atoms with Crippen molar-refractivity contribution in [1.82, 2.24) is 15.4 Å². The second kappa shape index (κ2) is 5.99. The van der Waals surface area contributed by atoms with Gasteiger partial charge in [0, 0.05) is 30.1 Å². The standard InChI is InChI=1S/C15H19N3O2S/c1-10-13(11(2)20-17-10)7-16-8-15(19)18-5-3-14-12(9-18)4-6-21-14/h4,6,16H,3,5,7-9H2,1-2H3. The topological polar surface area (TPSA) is 58.4 Å². The molecule has 0 spiro atoms. The number of nitrogens with one attached hydrogen (secondary N) is 1. The molecule has 0 saturated heterocycles. The van der Waals surface area contributed by atoms with Crippen LogP contribution in [0.2, 0.25) is 0 Å². The molecule has 0 unspecified atom stereocenters. The van der Waals surface area contributed by atoms with E-state index in [1.807, 2.05) is 18.7 Å². The molecule has 3 heterocycles. The van der Waals surface area contributed by atoms with E-state index < -0.39 is 0 Å². The Labute approximate surface area is 127 Å². The van der Waals surface area contributed by atoms with E-state index >= 15 is 0 Å². The van der Waals surface area contributed by atoms with Gasteiger partial charge in [-0.15, -0.1) is 11.3 Å². The van der Waals surface area contributed by atoms with Crippen LogP contribution in [0.25, 0.3) is 0 Å². The Kier molecular flexibility index (Phi) is 4.07. The van der Waals surface area contributed by atoms with Gasteiger partial charge in [0.25, 0.3) is 0 Å². The van der Waals surface area contributed by atoms with Gasteiger partial charge in [-0.1, -0.05) is 5.16 Å². The Morgan fingerprint density at radius 3 is 3.14 bits per heavy atom. The van der Waals surface area contributed by atoms with Crippen molar-refractivity contribution in [2.45, 2.75) is 33.4 Å². The molecule has 0 aliphatic carbocycles. The number of nitrogens with zero attached hydrogens (tertiary/aromatic N) is 2. The molecule has 0 atom stereocenters. The van der Waals surface area contributed by atoms with Crippen LogP contribution in [0, 0.1) is 13.8 Å². The molecule has 2 aromatic heterocycles. The van der Waals surface area contributed by atoms with Crippen molar-refractivity contribution >= 4 is 17.2 Å². The van der Waals surface area contributed by atoms with Gasteiger partial charge in [-0.25, -0.2) is 0 Å². The van der Waals surface area contributed by atoms with Crippen LogP contribution in [0.4, 0.5) is 0 Å². The highest BCUT2D eigenvalue weighted by atomic mass is 32.1. The molecular weight excluding hydrogens is 286 g/mol. The van der Waals surface area contributed by atoms with Crippen molar-refractivity contribution in [3.05, 3.63) is 38.9 Å². The third kappa shape index (κ3) is 3.01. The lowest BCUT2D eigenvalue weighted by Crippen LogP contribution is -2.40. The third-order valence-electron chi connectivity index (χ3n) is 3.92. The van der Waals surface area contributed by atoms with Gasteiger partial charge in [-0.05, 0) is 37.3 Å². The summed E-state index contributed by atoms with van der Waals surface area (Å²) in [6, 6.07) is 2.12. The predicted molar refractivity (Wildman–Crippen MR) is 81.1 cm³/mol. The maximum absolute atomic E-state index is 12.3. The fourth-order valence-electron chi connectivity index (χ4n) is 2.62. The molecule has 1 amide bonds. The van der Waals surface area contributed by atoms with Gasteiger partial charge >= 0.3 is 0 Å². The number of aryl methyl sites for hydroxylation is 2. The Bertz CT molecular complexity index is 628. The summed E-state index contributed by atoms with van der Waals surface area (Å²) in [5.41, 5.74) is 3.22. The molecule has 6 heteroatoms. The van der Waals surface area contributed by atoms with Crippen molar-refractivity contribution in [3.63, 3.8) is 0 Å². The van der Waals surface area contributed by atoms with Gasteiger partial charge in [0.1, 0.15) is 5.76 Å². The van der Waals surface area contributed by atoms with E-state index in [1.54, 1.807) is 11.3 Å². The minimum atomic E-state index is 0.151. The van der Waals surface area contributed by atoms with Gasteiger partial charge < -0.3 is 14.7 Å². The van der Waals surface area contributed by atoms with Crippen LogP contribution >= 0.6 is 11.3 Å². The average molecular weight is 305 g/mol. The number of thiophene rings is 1. The molecule has 0 fully saturated rings. The molecule has 1 aliphatic rings. The number of aromatic nitrogens is 1. The van der Waals surface area contributed by atoms with Crippen molar-refractivity contribution in [2.24, 2.45) is 0 Å². The zero-order valence-corrected chi connectivity index (χ0v) is 13.1. The van der Waals surface area contributed by atoms with E-state index in [-0.39, 0.29) is 5.91 Å². The van der Waals surface area contributed by atoms with Crippen LogP contribution in [0.3, 0.4) is 0 Å². The van der Waals surface area contributed by atoms with Gasteiger partial charge in [0.2, 0.25) is 5.91 Å². The Morgan fingerprint density at radius 1 is 1.52 bits per heavy atom. The molecule has 0 radical (unpaired) electrons. The van der Waals surface area contributed by atoms with Crippen LogP contribution in [-0.2, 0) is 24.3 Å². The molecule has 0 saturated carbocycles. The molecule has 2 aromatic rings. The molecular formula is C15H19N3O2S. The van der Waals surface area contributed by atoms with Crippen LogP contribution in [0.15, 0.2) is 16.0 Å². The molecule has 21 heavy (non-hydrogen) atoms. The van der Waals surface area contributed by atoms with Crippen molar-refractivity contribution in [3.8, 4) is 0 Å². The van der Waals surface area contributed by atoms with Crippen LogP contribution in [0.1, 0.15) is 27.5 Å². The first-order chi connectivity index (χ1) is 10.1. The molecule has 112 valence electrons. The first-order valence-corrected chi connectivity index (χ1v) is 7.98. The lowest BCUT2D eigenvalue weighted by atomic mass is 10.1. The minimum absolute atomic E-state index is 0.151. The number of hydrogen-bond donors (Lipinski definition) is 1. The third-order valence-corrected chi connectivity index (χ3v) is 4.94. The van der Waals surface area contributed by atoms with Gasteiger partial charge in [0.15, 0.2) is 0 Å². The second-order valence-electron chi connectivity index (χ2n) is 5.34. The lowest BCUT2D eigenvalue weighted by Gasteiger charge is -2.27. The second-order valence-corrected chi connectivity index (χ2v) is 6.34. The summed E-state index contributed by atoms with van der Waals surface area (Å²) in [7, 11) is 0. The van der Waals surface area contributed by atoms with E-state index in [9.17, 15) is 4.79 Å². The number of fused-ring (bicyclic) bond motifs is 1. The van der Waals surface area contributed by atoms with E-state index in [0.29, 0.717) is 13.1 Å². The van der Waals surface area contributed by atoms with Gasteiger partial charge in [0.05, 0.1) is 12.2 Å². The fraction of sp³-hybridized carbons (Fsp3) is 0.467. The summed E-state index contributed by atoms with van der Waals surface area (Å²) in [5.74, 6) is 0.965. The lowest BCUT2D eigenvalue weighted by molar-refractivity contribution is -0.131. The van der Waals surface area contributed by atoms with E-state index in [2.05, 4.69) is 21.9 Å². The monoisotopic (exact) mass is 305 g/mol. The van der Waals surface area contributed by atoms with Crippen LogP contribution in [0.5, 0.6) is 0 Å². The smallest absolute Gasteiger partial charge is 0.236 e. The average Bonchev–Trinajstić information content (AvgIpc) is 3.07. The molecule has 1 aliphatic heterocycles. The number of rotatable bonds is 4. The van der Waals surface area contributed by atoms with Crippen LogP contribution < -0.4 is 5.32 Å².